The average Bonchev–Trinajstić information content (AvgIpc) is 2.25. The number of anilines is 1. The van der Waals surface area contributed by atoms with E-state index in [1.807, 2.05) is 6.92 Å². The van der Waals surface area contributed by atoms with Crippen LogP contribution in [-0.4, -0.2) is 40.0 Å². The molecule has 0 saturated carbocycles. The van der Waals surface area contributed by atoms with Crippen molar-refractivity contribution in [1.82, 2.24) is 14.9 Å². The van der Waals surface area contributed by atoms with Crippen LogP contribution in [-0.2, 0) is 0 Å². The van der Waals surface area contributed by atoms with Gasteiger partial charge in [0.1, 0.15) is 5.82 Å². The number of rotatable bonds is 6. The first-order valence-electron chi connectivity index (χ1n) is 6.29. The zero-order chi connectivity index (χ0) is 12.8. The average molecular weight is 236 g/mol. The number of hydrogen-bond donors (Lipinski definition) is 1. The predicted octanol–water partition coefficient (Wildman–Crippen LogP) is 2.32. The lowest BCUT2D eigenvalue weighted by Crippen LogP contribution is -2.40. The first-order chi connectivity index (χ1) is 8.02. The fourth-order valence-electron chi connectivity index (χ4n) is 2.00. The van der Waals surface area contributed by atoms with E-state index >= 15 is 0 Å². The monoisotopic (exact) mass is 236 g/mol. The molecule has 1 N–H and O–H groups in total. The molecule has 0 saturated heterocycles. The maximum absolute atomic E-state index is 4.27. The zero-order valence-corrected chi connectivity index (χ0v) is 11.6. The molecule has 4 heteroatoms. The third-order valence-corrected chi connectivity index (χ3v) is 2.87. The molecule has 1 rings (SSSR count). The van der Waals surface area contributed by atoms with E-state index in [0.29, 0.717) is 12.1 Å². The highest BCUT2D eigenvalue weighted by Gasteiger charge is 2.12. The highest BCUT2D eigenvalue weighted by Crippen LogP contribution is 2.07. The SMILES string of the molecule is Cc1nccnc1NCCN(C(C)C)C(C)C. The van der Waals surface area contributed by atoms with E-state index in [-0.39, 0.29) is 0 Å². The molecule has 1 aromatic rings. The Morgan fingerprint density at radius 1 is 1.12 bits per heavy atom. The highest BCUT2D eigenvalue weighted by atomic mass is 15.2. The van der Waals surface area contributed by atoms with E-state index in [1.165, 1.54) is 0 Å². The Hall–Kier alpha value is -1.16. The number of nitrogens with one attached hydrogen (secondary N) is 1. The summed E-state index contributed by atoms with van der Waals surface area (Å²) in [4.78, 5) is 10.9. The highest BCUT2D eigenvalue weighted by molar-refractivity contribution is 5.38. The molecule has 1 aromatic heterocycles. The first-order valence-corrected chi connectivity index (χ1v) is 6.29. The van der Waals surface area contributed by atoms with Gasteiger partial charge in [0.05, 0.1) is 5.69 Å². The number of nitrogens with zero attached hydrogens (tertiary/aromatic N) is 3. The van der Waals surface area contributed by atoms with Gasteiger partial charge in [-0.3, -0.25) is 9.88 Å². The maximum atomic E-state index is 4.27. The van der Waals surface area contributed by atoms with Gasteiger partial charge in [-0.2, -0.15) is 0 Å². The van der Waals surface area contributed by atoms with E-state index in [1.54, 1.807) is 12.4 Å². The summed E-state index contributed by atoms with van der Waals surface area (Å²) in [5.41, 5.74) is 0.952. The minimum atomic E-state index is 0.569. The van der Waals surface area contributed by atoms with Crippen molar-refractivity contribution >= 4 is 5.82 Å². The molecule has 0 spiro atoms. The summed E-state index contributed by atoms with van der Waals surface area (Å²) >= 11 is 0. The third-order valence-electron chi connectivity index (χ3n) is 2.87. The van der Waals surface area contributed by atoms with Gasteiger partial charge < -0.3 is 5.32 Å². The molecule has 0 aliphatic heterocycles. The molecule has 96 valence electrons. The zero-order valence-electron chi connectivity index (χ0n) is 11.6. The van der Waals surface area contributed by atoms with Crippen LogP contribution in [0.1, 0.15) is 33.4 Å². The lowest BCUT2D eigenvalue weighted by molar-refractivity contribution is 0.182. The van der Waals surface area contributed by atoms with Gasteiger partial charge in [-0.05, 0) is 34.6 Å². The quantitative estimate of drug-likeness (QED) is 0.823. The minimum absolute atomic E-state index is 0.569. The molecular weight excluding hydrogens is 212 g/mol. The van der Waals surface area contributed by atoms with Crippen molar-refractivity contribution in [3.8, 4) is 0 Å². The molecule has 0 fully saturated rings. The van der Waals surface area contributed by atoms with E-state index in [0.717, 1.165) is 24.6 Å². The summed E-state index contributed by atoms with van der Waals surface area (Å²) in [5, 5.41) is 3.34. The Morgan fingerprint density at radius 3 is 2.24 bits per heavy atom. The van der Waals surface area contributed by atoms with Crippen molar-refractivity contribution in [3.05, 3.63) is 18.1 Å². The van der Waals surface area contributed by atoms with Crippen molar-refractivity contribution in [2.45, 2.75) is 46.7 Å². The second-order valence-electron chi connectivity index (χ2n) is 4.84. The van der Waals surface area contributed by atoms with Crippen molar-refractivity contribution in [2.75, 3.05) is 18.4 Å². The van der Waals surface area contributed by atoms with E-state index in [2.05, 4.69) is 47.9 Å². The van der Waals surface area contributed by atoms with Crippen LogP contribution in [0.2, 0.25) is 0 Å². The molecule has 0 amide bonds. The summed E-state index contributed by atoms with van der Waals surface area (Å²) < 4.78 is 0. The summed E-state index contributed by atoms with van der Waals surface area (Å²) in [7, 11) is 0. The van der Waals surface area contributed by atoms with Crippen molar-refractivity contribution in [1.29, 1.82) is 0 Å². The van der Waals surface area contributed by atoms with E-state index in [4.69, 9.17) is 0 Å². The third kappa shape index (κ3) is 4.30. The fourth-order valence-corrected chi connectivity index (χ4v) is 2.00. The molecule has 0 radical (unpaired) electrons. The van der Waals surface area contributed by atoms with Crippen molar-refractivity contribution < 1.29 is 0 Å². The molecule has 17 heavy (non-hydrogen) atoms. The standard InChI is InChI=1S/C13H24N4/c1-10(2)17(11(3)4)9-8-16-13-12(5)14-6-7-15-13/h6-7,10-11H,8-9H2,1-5H3,(H,15,16). The lowest BCUT2D eigenvalue weighted by Gasteiger charge is -2.30. The van der Waals surface area contributed by atoms with Crippen LogP contribution in [0.25, 0.3) is 0 Å². The second-order valence-corrected chi connectivity index (χ2v) is 4.84. The summed E-state index contributed by atoms with van der Waals surface area (Å²) in [5.74, 6) is 0.889. The van der Waals surface area contributed by atoms with Crippen LogP contribution in [0.5, 0.6) is 0 Å². The predicted molar refractivity (Wildman–Crippen MR) is 72.2 cm³/mol. The summed E-state index contributed by atoms with van der Waals surface area (Å²) in [6.45, 7) is 12.8. The second kappa shape index (κ2) is 6.55. The number of aryl methyl sites for hydroxylation is 1. The van der Waals surface area contributed by atoms with Gasteiger partial charge >= 0.3 is 0 Å². The smallest absolute Gasteiger partial charge is 0.147 e. The number of hydrogen-bond acceptors (Lipinski definition) is 4. The lowest BCUT2D eigenvalue weighted by atomic mass is 10.2. The molecule has 0 bridgehead atoms. The molecule has 4 nitrogen and oxygen atoms in total. The molecule has 0 aliphatic carbocycles. The van der Waals surface area contributed by atoms with Gasteiger partial charge in [-0.15, -0.1) is 0 Å². The Labute approximate surface area is 104 Å². The van der Waals surface area contributed by atoms with Gasteiger partial charge in [0.25, 0.3) is 0 Å². The van der Waals surface area contributed by atoms with Crippen LogP contribution < -0.4 is 5.32 Å². The Balaban J connectivity index is 2.44. The maximum Gasteiger partial charge on any atom is 0.147 e. The van der Waals surface area contributed by atoms with Gasteiger partial charge in [0.15, 0.2) is 0 Å². The van der Waals surface area contributed by atoms with Crippen LogP contribution in [0.15, 0.2) is 12.4 Å². The summed E-state index contributed by atoms with van der Waals surface area (Å²) in [6, 6.07) is 1.14. The van der Waals surface area contributed by atoms with Crippen LogP contribution >= 0.6 is 0 Å². The molecular formula is C13H24N4. The van der Waals surface area contributed by atoms with Gasteiger partial charge in [0, 0.05) is 37.6 Å². The van der Waals surface area contributed by atoms with Gasteiger partial charge in [0.2, 0.25) is 0 Å². The number of aromatic nitrogens is 2. The molecule has 0 atom stereocenters. The molecule has 0 unspecified atom stereocenters. The van der Waals surface area contributed by atoms with E-state index in [9.17, 15) is 0 Å². The molecule has 0 aliphatic rings. The molecule has 0 aromatic carbocycles. The Morgan fingerprint density at radius 2 is 1.71 bits per heavy atom. The van der Waals surface area contributed by atoms with Crippen LogP contribution in [0, 0.1) is 6.92 Å². The Kier molecular flexibility index (Phi) is 5.35. The topological polar surface area (TPSA) is 41.1 Å². The Bertz CT molecular complexity index is 328. The normalized spacial score (nSPS) is 11.5. The van der Waals surface area contributed by atoms with Crippen molar-refractivity contribution in [2.24, 2.45) is 0 Å². The van der Waals surface area contributed by atoms with E-state index < -0.39 is 0 Å². The van der Waals surface area contributed by atoms with Gasteiger partial charge in [-0.1, -0.05) is 0 Å². The van der Waals surface area contributed by atoms with Gasteiger partial charge in [-0.25, -0.2) is 4.98 Å². The van der Waals surface area contributed by atoms with Crippen molar-refractivity contribution in [3.63, 3.8) is 0 Å². The fraction of sp³-hybridized carbons (Fsp3) is 0.692. The van der Waals surface area contributed by atoms with Crippen LogP contribution in [0.3, 0.4) is 0 Å². The minimum Gasteiger partial charge on any atom is -0.367 e. The first kappa shape index (κ1) is 13.9. The molecule has 1 heterocycles. The van der Waals surface area contributed by atoms with Crippen LogP contribution in [0.4, 0.5) is 5.82 Å². The largest absolute Gasteiger partial charge is 0.367 e. The summed E-state index contributed by atoms with van der Waals surface area (Å²) in [6.07, 6.45) is 3.44.